The standard InChI is InChI=1S/C25H25N3O2/c1-20-24(27-25(30-20)14-11-21-6-3-2-4-7-21)18-29-23-12-9-22(10-13-23)8-5-16-28-17-15-26-19-28/h2-4,6-7,9-15,17,19H,5,8,16,18H2,1H3. The average Bonchev–Trinajstić information content (AvgIpc) is 3.42. The lowest BCUT2D eigenvalue weighted by Gasteiger charge is -2.07. The molecule has 0 fully saturated rings. The van der Waals surface area contributed by atoms with Gasteiger partial charge in [0.05, 0.1) is 6.33 Å². The monoisotopic (exact) mass is 399 g/mol. The van der Waals surface area contributed by atoms with Crippen molar-refractivity contribution in [1.29, 1.82) is 0 Å². The summed E-state index contributed by atoms with van der Waals surface area (Å²) in [4.78, 5) is 8.60. The first-order chi connectivity index (χ1) is 14.8. The van der Waals surface area contributed by atoms with E-state index in [1.165, 1.54) is 5.56 Å². The second-order valence-corrected chi connectivity index (χ2v) is 7.14. The normalized spacial score (nSPS) is 11.2. The Bertz CT molecular complexity index is 1070. The minimum Gasteiger partial charge on any atom is -0.487 e. The molecule has 0 saturated carbocycles. The van der Waals surface area contributed by atoms with Crippen LogP contribution in [-0.4, -0.2) is 14.5 Å². The smallest absolute Gasteiger partial charge is 0.219 e. The van der Waals surface area contributed by atoms with Crippen LogP contribution in [0.4, 0.5) is 0 Å². The van der Waals surface area contributed by atoms with Crippen LogP contribution < -0.4 is 4.74 Å². The van der Waals surface area contributed by atoms with E-state index in [0.29, 0.717) is 12.5 Å². The molecule has 2 aromatic carbocycles. The summed E-state index contributed by atoms with van der Waals surface area (Å²) < 4.78 is 13.7. The highest BCUT2D eigenvalue weighted by Crippen LogP contribution is 2.18. The van der Waals surface area contributed by atoms with Crippen LogP contribution >= 0.6 is 0 Å². The maximum absolute atomic E-state index is 5.91. The van der Waals surface area contributed by atoms with Gasteiger partial charge in [0, 0.05) is 25.0 Å². The Morgan fingerprint density at radius 2 is 1.87 bits per heavy atom. The van der Waals surface area contributed by atoms with Crippen molar-refractivity contribution in [3.8, 4) is 5.75 Å². The maximum atomic E-state index is 5.91. The molecule has 0 radical (unpaired) electrons. The molecule has 0 unspecified atom stereocenters. The van der Waals surface area contributed by atoms with E-state index in [0.717, 1.165) is 42.2 Å². The maximum Gasteiger partial charge on any atom is 0.219 e. The number of aromatic nitrogens is 3. The van der Waals surface area contributed by atoms with Crippen LogP contribution in [0.5, 0.6) is 5.75 Å². The van der Waals surface area contributed by atoms with Gasteiger partial charge in [-0.2, -0.15) is 0 Å². The predicted octanol–water partition coefficient (Wildman–Crippen LogP) is 5.56. The second-order valence-electron chi connectivity index (χ2n) is 7.14. The second kappa shape index (κ2) is 9.74. The molecule has 2 heterocycles. The lowest BCUT2D eigenvalue weighted by Crippen LogP contribution is -1.98. The molecule has 5 heteroatoms. The van der Waals surface area contributed by atoms with Crippen molar-refractivity contribution in [1.82, 2.24) is 14.5 Å². The Morgan fingerprint density at radius 3 is 2.63 bits per heavy atom. The largest absolute Gasteiger partial charge is 0.487 e. The summed E-state index contributed by atoms with van der Waals surface area (Å²) in [5, 5.41) is 0. The number of hydrogen-bond acceptors (Lipinski definition) is 4. The number of aryl methyl sites for hydroxylation is 3. The minimum absolute atomic E-state index is 0.383. The zero-order valence-electron chi connectivity index (χ0n) is 17.1. The zero-order chi connectivity index (χ0) is 20.6. The Balaban J connectivity index is 1.28. The molecule has 5 nitrogen and oxygen atoms in total. The van der Waals surface area contributed by atoms with Gasteiger partial charge in [-0.3, -0.25) is 0 Å². The molecule has 0 spiro atoms. The van der Waals surface area contributed by atoms with Gasteiger partial charge in [0.25, 0.3) is 0 Å². The number of hydrogen-bond donors (Lipinski definition) is 0. The fraction of sp³-hybridized carbons (Fsp3) is 0.200. The Kier molecular flexibility index (Phi) is 6.40. The first-order valence-electron chi connectivity index (χ1n) is 10.1. The van der Waals surface area contributed by atoms with Crippen LogP contribution in [0, 0.1) is 6.92 Å². The summed E-state index contributed by atoms with van der Waals surface area (Å²) in [7, 11) is 0. The molecule has 0 atom stereocenters. The van der Waals surface area contributed by atoms with Gasteiger partial charge < -0.3 is 13.7 Å². The summed E-state index contributed by atoms with van der Waals surface area (Å²) >= 11 is 0. The van der Waals surface area contributed by atoms with Crippen LogP contribution in [-0.2, 0) is 19.6 Å². The highest BCUT2D eigenvalue weighted by molar-refractivity contribution is 5.65. The van der Waals surface area contributed by atoms with E-state index in [1.54, 1.807) is 0 Å². The third kappa shape index (κ3) is 5.47. The third-order valence-electron chi connectivity index (χ3n) is 4.87. The van der Waals surface area contributed by atoms with E-state index in [4.69, 9.17) is 9.15 Å². The molecule has 4 aromatic rings. The van der Waals surface area contributed by atoms with Crippen LogP contribution in [0.15, 0.2) is 77.7 Å². The average molecular weight is 399 g/mol. The highest BCUT2D eigenvalue weighted by atomic mass is 16.5. The lowest BCUT2D eigenvalue weighted by atomic mass is 10.1. The van der Waals surface area contributed by atoms with Crippen LogP contribution in [0.25, 0.3) is 12.2 Å². The fourth-order valence-corrected chi connectivity index (χ4v) is 3.18. The summed E-state index contributed by atoms with van der Waals surface area (Å²) in [6, 6.07) is 18.3. The van der Waals surface area contributed by atoms with Gasteiger partial charge in [-0.25, -0.2) is 9.97 Å². The number of oxazole rings is 1. The van der Waals surface area contributed by atoms with E-state index >= 15 is 0 Å². The van der Waals surface area contributed by atoms with Crippen molar-refractivity contribution < 1.29 is 9.15 Å². The van der Waals surface area contributed by atoms with Crippen molar-refractivity contribution >= 4 is 12.2 Å². The SMILES string of the molecule is Cc1oc(C=Cc2ccccc2)nc1COc1ccc(CCCn2ccnc2)cc1. The predicted molar refractivity (Wildman–Crippen MR) is 118 cm³/mol. The quantitative estimate of drug-likeness (QED) is 0.370. The summed E-state index contributed by atoms with van der Waals surface area (Å²) in [6.07, 6.45) is 11.6. The number of rotatable bonds is 9. The number of imidazole rings is 1. The molecule has 0 aliphatic carbocycles. The first-order valence-corrected chi connectivity index (χ1v) is 10.1. The van der Waals surface area contributed by atoms with E-state index < -0.39 is 0 Å². The number of ether oxygens (including phenoxy) is 1. The zero-order valence-corrected chi connectivity index (χ0v) is 17.1. The van der Waals surface area contributed by atoms with Gasteiger partial charge in [-0.15, -0.1) is 0 Å². The van der Waals surface area contributed by atoms with E-state index in [-0.39, 0.29) is 0 Å². The highest BCUT2D eigenvalue weighted by Gasteiger charge is 2.08. The molecule has 0 aliphatic heterocycles. The Labute approximate surface area is 176 Å². The van der Waals surface area contributed by atoms with Crippen LogP contribution in [0.1, 0.15) is 34.9 Å². The third-order valence-corrected chi connectivity index (χ3v) is 4.87. The van der Waals surface area contributed by atoms with Gasteiger partial charge in [-0.1, -0.05) is 42.5 Å². The molecular formula is C25H25N3O2. The van der Waals surface area contributed by atoms with Gasteiger partial charge >= 0.3 is 0 Å². The van der Waals surface area contributed by atoms with Gasteiger partial charge in [0.1, 0.15) is 23.8 Å². The minimum atomic E-state index is 0.383. The topological polar surface area (TPSA) is 53.1 Å². The summed E-state index contributed by atoms with van der Waals surface area (Å²) in [6.45, 7) is 3.27. The van der Waals surface area contributed by atoms with Gasteiger partial charge in [-0.05, 0) is 49.1 Å². The van der Waals surface area contributed by atoms with Crippen molar-refractivity contribution in [2.45, 2.75) is 32.9 Å². The number of nitrogens with zero attached hydrogens (tertiary/aromatic N) is 3. The van der Waals surface area contributed by atoms with E-state index in [9.17, 15) is 0 Å². The van der Waals surface area contributed by atoms with Crippen LogP contribution in [0.3, 0.4) is 0 Å². The molecule has 0 amide bonds. The van der Waals surface area contributed by atoms with Crippen molar-refractivity contribution in [2.75, 3.05) is 0 Å². The van der Waals surface area contributed by atoms with E-state index in [1.807, 2.05) is 80.3 Å². The molecular weight excluding hydrogens is 374 g/mol. The summed E-state index contributed by atoms with van der Waals surface area (Å²) in [5.41, 5.74) is 3.22. The van der Waals surface area contributed by atoms with Crippen molar-refractivity contribution in [3.63, 3.8) is 0 Å². The first kappa shape index (κ1) is 19.7. The Morgan fingerprint density at radius 1 is 1.03 bits per heavy atom. The van der Waals surface area contributed by atoms with Gasteiger partial charge in [0.15, 0.2) is 0 Å². The Hall–Kier alpha value is -3.60. The molecule has 152 valence electrons. The number of benzene rings is 2. The molecule has 0 aliphatic rings. The molecule has 0 bridgehead atoms. The van der Waals surface area contributed by atoms with E-state index in [2.05, 4.69) is 26.7 Å². The molecule has 2 aromatic heterocycles. The van der Waals surface area contributed by atoms with Crippen molar-refractivity contribution in [2.24, 2.45) is 0 Å². The molecule has 0 N–H and O–H groups in total. The summed E-state index contributed by atoms with van der Waals surface area (Å²) in [5.74, 6) is 2.19. The van der Waals surface area contributed by atoms with Crippen molar-refractivity contribution in [3.05, 3.63) is 102 Å². The fourth-order valence-electron chi connectivity index (χ4n) is 3.18. The molecule has 30 heavy (non-hydrogen) atoms. The molecule has 0 saturated heterocycles. The lowest BCUT2D eigenvalue weighted by molar-refractivity contribution is 0.299. The van der Waals surface area contributed by atoms with Gasteiger partial charge in [0.2, 0.25) is 5.89 Å². The van der Waals surface area contributed by atoms with Crippen LogP contribution in [0.2, 0.25) is 0 Å². The molecule has 4 rings (SSSR count).